The lowest BCUT2D eigenvalue weighted by atomic mass is 10.1. The van der Waals surface area contributed by atoms with E-state index in [4.69, 9.17) is 10.5 Å². The van der Waals surface area contributed by atoms with Gasteiger partial charge in [-0.2, -0.15) is 15.1 Å². The lowest BCUT2D eigenvalue weighted by Gasteiger charge is -2.16. The van der Waals surface area contributed by atoms with Crippen LogP contribution in [0.1, 0.15) is 11.8 Å². The van der Waals surface area contributed by atoms with Crippen molar-refractivity contribution in [2.24, 2.45) is 5.10 Å². The lowest BCUT2D eigenvalue weighted by molar-refractivity contribution is -0.0511. The Morgan fingerprint density at radius 3 is 2.69 bits per heavy atom. The maximum absolute atomic E-state index is 12.9. The number of ether oxygens (including phenoxy) is 1. The summed E-state index contributed by atoms with van der Waals surface area (Å²) >= 11 is 0. The van der Waals surface area contributed by atoms with Crippen molar-refractivity contribution >= 4 is 29.1 Å². The van der Waals surface area contributed by atoms with Gasteiger partial charge in [0.15, 0.2) is 17.7 Å². The highest BCUT2D eigenvalue weighted by molar-refractivity contribution is 5.83. The number of hydrazone groups is 1. The van der Waals surface area contributed by atoms with Gasteiger partial charge in [0.2, 0.25) is 5.95 Å². The van der Waals surface area contributed by atoms with Gasteiger partial charge in [0.1, 0.15) is 29.6 Å². The maximum atomic E-state index is 12.9. The molecule has 1 aliphatic rings. The summed E-state index contributed by atoms with van der Waals surface area (Å²) in [6, 6.07) is 5.72. The summed E-state index contributed by atoms with van der Waals surface area (Å²) in [6.45, 7) is -0.455. The highest BCUT2D eigenvalue weighted by atomic mass is 19.1. The molecule has 152 valence electrons. The van der Waals surface area contributed by atoms with Crippen molar-refractivity contribution in [3.05, 3.63) is 42.0 Å². The van der Waals surface area contributed by atoms with Gasteiger partial charge in [0.05, 0.1) is 19.1 Å². The highest BCUT2D eigenvalue weighted by Gasteiger charge is 2.44. The normalized spacial score (nSPS) is 24.6. The van der Waals surface area contributed by atoms with Crippen molar-refractivity contribution in [3.63, 3.8) is 0 Å². The van der Waals surface area contributed by atoms with E-state index in [9.17, 15) is 19.7 Å². The Labute approximate surface area is 163 Å². The third-order valence-corrected chi connectivity index (χ3v) is 4.49. The number of nitrogens with one attached hydrogen (secondary N) is 1. The SMILES string of the molecule is Nc1nc(NN=Cc2ccc(F)cc2)nc2c1ncn2[C@@H]1O[C@H](CO)C(O)C1O. The molecule has 0 spiro atoms. The Morgan fingerprint density at radius 2 is 2.00 bits per heavy atom. The van der Waals surface area contributed by atoms with Crippen LogP contribution in [-0.4, -0.2) is 66.0 Å². The molecular formula is C17H18FN7O4. The van der Waals surface area contributed by atoms with Gasteiger partial charge >= 0.3 is 0 Å². The molecule has 3 heterocycles. The minimum atomic E-state index is -1.30. The maximum Gasteiger partial charge on any atom is 0.247 e. The minimum absolute atomic E-state index is 0.0573. The molecule has 0 aliphatic carbocycles. The highest BCUT2D eigenvalue weighted by Crippen LogP contribution is 2.32. The number of nitrogens with zero attached hydrogens (tertiary/aromatic N) is 5. The molecule has 4 rings (SSSR count). The Kier molecular flexibility index (Phi) is 5.07. The molecule has 0 amide bonds. The number of benzene rings is 1. The van der Waals surface area contributed by atoms with Gasteiger partial charge in [0.25, 0.3) is 0 Å². The number of aromatic nitrogens is 4. The molecule has 11 nitrogen and oxygen atoms in total. The molecule has 6 N–H and O–H groups in total. The number of halogens is 1. The van der Waals surface area contributed by atoms with Crippen LogP contribution in [-0.2, 0) is 4.74 Å². The molecule has 2 aromatic heterocycles. The van der Waals surface area contributed by atoms with Crippen molar-refractivity contribution < 1.29 is 24.4 Å². The Balaban J connectivity index is 1.61. The smallest absolute Gasteiger partial charge is 0.247 e. The zero-order valence-corrected chi connectivity index (χ0v) is 14.9. The summed E-state index contributed by atoms with van der Waals surface area (Å²) in [5, 5.41) is 33.5. The number of anilines is 2. The lowest BCUT2D eigenvalue weighted by Crippen LogP contribution is -2.33. The van der Waals surface area contributed by atoms with Crippen molar-refractivity contribution in [1.82, 2.24) is 19.5 Å². The zero-order chi connectivity index (χ0) is 20.5. The van der Waals surface area contributed by atoms with Gasteiger partial charge < -0.3 is 25.8 Å². The first-order chi connectivity index (χ1) is 14.0. The number of imidazole rings is 1. The monoisotopic (exact) mass is 403 g/mol. The van der Waals surface area contributed by atoms with E-state index in [-0.39, 0.29) is 28.7 Å². The van der Waals surface area contributed by atoms with Gasteiger partial charge in [-0.1, -0.05) is 12.1 Å². The van der Waals surface area contributed by atoms with Gasteiger partial charge in [-0.3, -0.25) is 4.57 Å². The largest absolute Gasteiger partial charge is 0.394 e. The minimum Gasteiger partial charge on any atom is -0.394 e. The molecular weight excluding hydrogens is 385 g/mol. The number of hydrogen-bond donors (Lipinski definition) is 5. The Bertz CT molecular complexity index is 1040. The van der Waals surface area contributed by atoms with Crippen LogP contribution in [0.2, 0.25) is 0 Å². The first-order valence-corrected chi connectivity index (χ1v) is 8.65. The van der Waals surface area contributed by atoms with Crippen LogP contribution in [0.4, 0.5) is 16.2 Å². The van der Waals surface area contributed by atoms with E-state index in [0.29, 0.717) is 5.56 Å². The fraction of sp³-hybridized carbons (Fsp3) is 0.294. The first-order valence-electron chi connectivity index (χ1n) is 8.65. The van der Waals surface area contributed by atoms with E-state index >= 15 is 0 Å². The molecule has 29 heavy (non-hydrogen) atoms. The molecule has 1 aliphatic heterocycles. The van der Waals surface area contributed by atoms with Crippen LogP contribution in [0.15, 0.2) is 35.7 Å². The second-order valence-corrected chi connectivity index (χ2v) is 6.41. The number of nitrogens with two attached hydrogens (primary N) is 1. The molecule has 4 atom stereocenters. The predicted octanol–water partition coefficient (Wildman–Crippen LogP) is -0.395. The van der Waals surface area contributed by atoms with Crippen LogP contribution >= 0.6 is 0 Å². The predicted molar refractivity (Wildman–Crippen MR) is 100 cm³/mol. The fourth-order valence-electron chi connectivity index (χ4n) is 3.00. The Morgan fingerprint density at radius 1 is 1.24 bits per heavy atom. The topological polar surface area (TPSA) is 164 Å². The van der Waals surface area contributed by atoms with Gasteiger partial charge in [0, 0.05) is 0 Å². The third kappa shape index (κ3) is 3.61. The number of nitrogen functional groups attached to an aromatic ring is 1. The van der Waals surface area contributed by atoms with Gasteiger partial charge in [-0.25, -0.2) is 14.8 Å². The van der Waals surface area contributed by atoms with Crippen molar-refractivity contribution in [2.45, 2.75) is 24.5 Å². The van der Waals surface area contributed by atoms with Crippen molar-refractivity contribution in [3.8, 4) is 0 Å². The van der Waals surface area contributed by atoms with Gasteiger partial charge in [-0.15, -0.1) is 0 Å². The number of aliphatic hydroxyl groups is 3. The van der Waals surface area contributed by atoms with Crippen LogP contribution in [0.5, 0.6) is 0 Å². The number of aliphatic hydroxyl groups excluding tert-OH is 3. The molecule has 2 unspecified atom stereocenters. The standard InChI is InChI=1S/C17H18FN7O4/c18-9-3-1-8(2-4-9)5-21-24-17-22-14(19)11-15(23-17)25(7-20-11)16-13(28)12(27)10(6-26)29-16/h1-5,7,10,12-13,16,26-28H,6H2,(H3,19,22,23,24)/t10-,12?,13?,16-/m1/s1. The molecule has 0 radical (unpaired) electrons. The summed E-state index contributed by atoms with van der Waals surface area (Å²) in [6.07, 6.45) is -1.72. The fourth-order valence-corrected chi connectivity index (χ4v) is 3.00. The summed E-state index contributed by atoms with van der Waals surface area (Å²) in [5.41, 5.74) is 9.73. The first kappa shape index (κ1) is 19.1. The van der Waals surface area contributed by atoms with E-state index in [1.165, 1.54) is 29.2 Å². The average Bonchev–Trinajstić information content (AvgIpc) is 3.25. The third-order valence-electron chi connectivity index (χ3n) is 4.49. The van der Waals surface area contributed by atoms with Gasteiger partial charge in [-0.05, 0) is 17.7 Å². The van der Waals surface area contributed by atoms with Crippen LogP contribution < -0.4 is 11.2 Å². The molecule has 0 saturated carbocycles. The molecule has 0 bridgehead atoms. The molecule has 12 heteroatoms. The van der Waals surface area contributed by atoms with Crippen molar-refractivity contribution in [2.75, 3.05) is 17.8 Å². The molecule has 3 aromatic rings. The van der Waals surface area contributed by atoms with E-state index < -0.39 is 31.1 Å². The number of rotatable bonds is 5. The molecule has 1 fully saturated rings. The Hall–Kier alpha value is -3.19. The van der Waals surface area contributed by atoms with E-state index in [0.717, 1.165) is 0 Å². The van der Waals surface area contributed by atoms with E-state index in [2.05, 4.69) is 25.5 Å². The second-order valence-electron chi connectivity index (χ2n) is 6.41. The van der Waals surface area contributed by atoms with Crippen LogP contribution in [0.3, 0.4) is 0 Å². The number of fused-ring (bicyclic) bond motifs is 1. The average molecular weight is 403 g/mol. The van der Waals surface area contributed by atoms with E-state index in [1.54, 1.807) is 12.1 Å². The summed E-state index contributed by atoms with van der Waals surface area (Å²) in [5.74, 6) is -0.225. The summed E-state index contributed by atoms with van der Waals surface area (Å²) < 4.78 is 19.8. The van der Waals surface area contributed by atoms with Crippen molar-refractivity contribution in [1.29, 1.82) is 0 Å². The second kappa shape index (κ2) is 7.67. The number of hydrogen-bond acceptors (Lipinski definition) is 10. The van der Waals surface area contributed by atoms with E-state index in [1.807, 2.05) is 0 Å². The summed E-state index contributed by atoms with van der Waals surface area (Å²) in [7, 11) is 0. The molecule has 1 saturated heterocycles. The molecule has 1 aromatic carbocycles. The van der Waals surface area contributed by atoms with Crippen LogP contribution in [0.25, 0.3) is 11.2 Å². The zero-order valence-electron chi connectivity index (χ0n) is 14.9. The van der Waals surface area contributed by atoms with Crippen LogP contribution in [0, 0.1) is 5.82 Å². The quantitative estimate of drug-likeness (QED) is 0.282. The summed E-state index contributed by atoms with van der Waals surface area (Å²) in [4.78, 5) is 12.5.